The first-order valence-electron chi connectivity index (χ1n) is 12.7. The molecule has 0 aliphatic carbocycles. The molecule has 4 rings (SSSR count). The number of nitrogens with zero attached hydrogens (tertiary/aromatic N) is 4. The molecule has 0 bridgehead atoms. The SMILES string of the molecule is COC(=O)C(CN1C=CN(c2c(C)cc(C)cc2C)C1(Br)Br)CN1C=CN(c2c(C)cc(C)cc2C)C1(Br)Br. The fourth-order valence-electron chi connectivity index (χ4n) is 5.64. The minimum Gasteiger partial charge on any atom is -0.469 e. The van der Waals surface area contributed by atoms with Gasteiger partial charge in [-0.2, -0.15) is 0 Å². The largest absolute Gasteiger partial charge is 0.469 e. The van der Waals surface area contributed by atoms with Crippen LogP contribution in [0.25, 0.3) is 0 Å². The molecule has 0 fully saturated rings. The van der Waals surface area contributed by atoms with Crippen LogP contribution >= 0.6 is 63.7 Å². The van der Waals surface area contributed by atoms with Gasteiger partial charge in [0.1, 0.15) is 0 Å². The molecular weight excluding hydrogens is 756 g/mol. The van der Waals surface area contributed by atoms with Crippen molar-refractivity contribution in [3.05, 3.63) is 82.4 Å². The highest BCUT2D eigenvalue weighted by Crippen LogP contribution is 2.47. The molecule has 2 aliphatic heterocycles. The van der Waals surface area contributed by atoms with Crippen LogP contribution in [0.2, 0.25) is 0 Å². The van der Waals surface area contributed by atoms with E-state index in [0.29, 0.717) is 13.1 Å². The van der Waals surface area contributed by atoms with Crippen molar-refractivity contribution in [1.82, 2.24) is 9.80 Å². The second-order valence-electron chi connectivity index (χ2n) is 10.4. The summed E-state index contributed by atoms with van der Waals surface area (Å²) in [6.45, 7) is 13.5. The number of benzene rings is 2. The maximum Gasteiger partial charge on any atom is 0.312 e. The van der Waals surface area contributed by atoms with E-state index in [4.69, 9.17) is 4.74 Å². The van der Waals surface area contributed by atoms with Crippen molar-refractivity contribution in [3.63, 3.8) is 0 Å². The van der Waals surface area contributed by atoms with Crippen molar-refractivity contribution >= 4 is 81.1 Å². The van der Waals surface area contributed by atoms with Gasteiger partial charge < -0.3 is 24.3 Å². The summed E-state index contributed by atoms with van der Waals surface area (Å²) >= 11 is 15.6. The highest BCUT2D eigenvalue weighted by Gasteiger charge is 2.46. The van der Waals surface area contributed by atoms with Gasteiger partial charge in [-0.05, 0) is 128 Å². The van der Waals surface area contributed by atoms with Crippen molar-refractivity contribution in [2.45, 2.75) is 48.5 Å². The number of alkyl halides is 4. The number of methoxy groups -OCH3 is 1. The summed E-state index contributed by atoms with van der Waals surface area (Å²) in [4.78, 5) is 21.5. The van der Waals surface area contributed by atoms with E-state index >= 15 is 0 Å². The van der Waals surface area contributed by atoms with Crippen molar-refractivity contribution in [2.24, 2.45) is 5.92 Å². The Labute approximate surface area is 265 Å². The van der Waals surface area contributed by atoms with Crippen molar-refractivity contribution < 1.29 is 9.53 Å². The van der Waals surface area contributed by atoms with Crippen LogP contribution in [0, 0.1) is 47.5 Å². The average molecular weight is 790 g/mol. The zero-order chi connectivity index (χ0) is 28.9. The molecule has 0 spiro atoms. The molecule has 0 unspecified atom stereocenters. The molecule has 2 aliphatic rings. The molecule has 0 atom stereocenters. The minimum absolute atomic E-state index is 0.273. The molecule has 2 heterocycles. The molecule has 0 N–H and O–H groups in total. The maximum absolute atomic E-state index is 13.1. The lowest BCUT2D eigenvalue weighted by atomic mass is 10.0. The van der Waals surface area contributed by atoms with Crippen LogP contribution in [0.15, 0.2) is 49.1 Å². The molecule has 10 heteroatoms. The summed E-state index contributed by atoms with van der Waals surface area (Å²) in [7, 11) is 1.44. The Balaban J connectivity index is 1.57. The lowest BCUT2D eigenvalue weighted by Crippen LogP contribution is -2.50. The van der Waals surface area contributed by atoms with Crippen LogP contribution in [-0.2, 0) is 9.53 Å². The number of carbonyl (C=O) groups is 1. The predicted molar refractivity (Wildman–Crippen MR) is 175 cm³/mol. The summed E-state index contributed by atoms with van der Waals surface area (Å²) in [5.41, 5.74) is 9.41. The molecular formula is C29H34Br4N4O2. The lowest BCUT2D eigenvalue weighted by Gasteiger charge is -2.41. The van der Waals surface area contributed by atoms with E-state index in [1.165, 1.54) is 40.5 Å². The number of halogens is 4. The Morgan fingerprint density at radius 2 is 1.03 bits per heavy atom. The van der Waals surface area contributed by atoms with Gasteiger partial charge in [-0.1, -0.05) is 35.4 Å². The van der Waals surface area contributed by atoms with Crippen LogP contribution in [0.1, 0.15) is 33.4 Å². The molecule has 0 saturated carbocycles. The highest BCUT2D eigenvalue weighted by molar-refractivity contribution is 9.25. The van der Waals surface area contributed by atoms with E-state index in [1.54, 1.807) is 0 Å². The second-order valence-corrected chi connectivity index (χ2v) is 16.9. The van der Waals surface area contributed by atoms with Crippen molar-refractivity contribution in [1.29, 1.82) is 0 Å². The molecule has 210 valence electrons. The number of aryl methyl sites for hydroxylation is 6. The quantitative estimate of drug-likeness (QED) is 0.161. The molecule has 2 aromatic carbocycles. The molecule has 39 heavy (non-hydrogen) atoms. The fraction of sp³-hybridized carbons (Fsp3) is 0.414. The van der Waals surface area contributed by atoms with Gasteiger partial charge in [0.25, 0.3) is 0 Å². The van der Waals surface area contributed by atoms with Crippen LogP contribution in [0.3, 0.4) is 0 Å². The Morgan fingerprint density at radius 3 is 1.33 bits per heavy atom. The molecule has 0 radical (unpaired) electrons. The number of hydrogen-bond donors (Lipinski definition) is 0. The number of esters is 1. The maximum atomic E-state index is 13.1. The summed E-state index contributed by atoms with van der Waals surface area (Å²) < 4.78 is 3.79. The van der Waals surface area contributed by atoms with Gasteiger partial charge in [-0.15, -0.1) is 0 Å². The summed E-state index contributed by atoms with van der Waals surface area (Å²) in [6, 6.07) is 8.72. The Morgan fingerprint density at radius 1 is 0.692 bits per heavy atom. The van der Waals surface area contributed by atoms with Gasteiger partial charge in [0, 0.05) is 37.9 Å². The van der Waals surface area contributed by atoms with Crippen LogP contribution in [0.5, 0.6) is 0 Å². The third-order valence-electron chi connectivity index (χ3n) is 7.18. The van der Waals surface area contributed by atoms with Crippen molar-refractivity contribution in [2.75, 3.05) is 30.0 Å². The van der Waals surface area contributed by atoms with E-state index in [-0.39, 0.29) is 5.97 Å². The zero-order valence-electron chi connectivity index (χ0n) is 23.2. The van der Waals surface area contributed by atoms with E-state index in [1.807, 2.05) is 24.8 Å². The van der Waals surface area contributed by atoms with Gasteiger partial charge >= 0.3 is 5.97 Å². The zero-order valence-corrected chi connectivity index (χ0v) is 29.6. The molecule has 2 aromatic rings. The monoisotopic (exact) mass is 786 g/mol. The normalized spacial score (nSPS) is 17.6. The average Bonchev–Trinajstić information content (AvgIpc) is 3.26. The van der Waals surface area contributed by atoms with Gasteiger partial charge in [0.2, 0.25) is 6.96 Å². The first-order chi connectivity index (χ1) is 18.2. The molecule has 0 aromatic heterocycles. The smallest absolute Gasteiger partial charge is 0.312 e. The van der Waals surface area contributed by atoms with Gasteiger partial charge in [-0.3, -0.25) is 4.79 Å². The number of hydrogen-bond acceptors (Lipinski definition) is 6. The third-order valence-corrected chi connectivity index (χ3v) is 10.5. The van der Waals surface area contributed by atoms with Crippen LogP contribution < -0.4 is 9.80 Å². The minimum atomic E-state index is -0.736. The molecule has 0 saturated heterocycles. The van der Waals surface area contributed by atoms with Gasteiger partial charge in [0.05, 0.1) is 24.4 Å². The third kappa shape index (κ3) is 5.81. The fourth-order valence-corrected chi connectivity index (χ4v) is 7.88. The summed E-state index contributed by atoms with van der Waals surface area (Å²) in [5, 5.41) is 0. The molecule has 0 amide bonds. The van der Waals surface area contributed by atoms with Crippen LogP contribution in [0.4, 0.5) is 11.4 Å². The van der Waals surface area contributed by atoms with Crippen LogP contribution in [-0.4, -0.2) is 42.9 Å². The number of carbonyl (C=O) groups excluding carboxylic acids is 1. The predicted octanol–water partition coefficient (Wildman–Crippen LogP) is 8.02. The highest BCUT2D eigenvalue weighted by atomic mass is 79.9. The Bertz CT molecular complexity index is 1200. The second kappa shape index (κ2) is 11.4. The Kier molecular flexibility index (Phi) is 8.92. The summed E-state index contributed by atoms with van der Waals surface area (Å²) in [6.07, 6.45) is 8.06. The topological polar surface area (TPSA) is 39.3 Å². The first-order valence-corrected chi connectivity index (χ1v) is 15.8. The first kappa shape index (κ1) is 30.5. The van der Waals surface area contributed by atoms with E-state index in [2.05, 4.69) is 149 Å². The van der Waals surface area contributed by atoms with E-state index in [9.17, 15) is 4.79 Å². The molecule has 6 nitrogen and oxygen atoms in total. The number of ether oxygens (including phenoxy) is 1. The summed E-state index contributed by atoms with van der Waals surface area (Å²) in [5.74, 6) is -0.723. The van der Waals surface area contributed by atoms with Crippen molar-refractivity contribution in [3.8, 4) is 0 Å². The van der Waals surface area contributed by atoms with Gasteiger partial charge in [-0.25, -0.2) is 0 Å². The Hall–Kier alpha value is -1.49. The number of rotatable bonds is 7. The van der Waals surface area contributed by atoms with E-state index in [0.717, 1.165) is 11.4 Å². The standard InChI is InChI=1S/C29H34Br4N4O2/c1-18-12-20(3)25(21(4)13-18)36-10-8-34(28(36,30)31)16-24(27(38)39-7)17-35-9-11-37(29(35,32)33)26-22(5)14-19(2)15-23(26)6/h8-15,24H,16-17H2,1-7H3. The van der Waals surface area contributed by atoms with Gasteiger partial charge in [0.15, 0.2) is 0 Å². The lowest BCUT2D eigenvalue weighted by molar-refractivity contribution is -0.146. The van der Waals surface area contributed by atoms with E-state index < -0.39 is 12.9 Å². The number of anilines is 2.